The lowest BCUT2D eigenvalue weighted by Gasteiger charge is -2.34. The average molecular weight is 308 g/mol. The van der Waals surface area contributed by atoms with Gasteiger partial charge in [-0.15, -0.1) is 11.3 Å². The van der Waals surface area contributed by atoms with Crippen molar-refractivity contribution < 1.29 is 14.3 Å². The Balaban J connectivity index is 1.75. The van der Waals surface area contributed by atoms with Crippen LogP contribution >= 0.6 is 11.3 Å². The van der Waals surface area contributed by atoms with Crippen LogP contribution in [0.2, 0.25) is 0 Å². The maximum Gasteiger partial charge on any atom is 0.409 e. The van der Waals surface area contributed by atoms with Gasteiger partial charge in [-0.05, 0) is 6.92 Å². The third-order valence-corrected chi connectivity index (χ3v) is 4.25. The summed E-state index contributed by atoms with van der Waals surface area (Å²) in [5, 5.41) is 1.90. The molecular weight excluding hydrogens is 292 g/mol. The Morgan fingerprint density at radius 1 is 1.43 bits per heavy atom. The van der Waals surface area contributed by atoms with E-state index in [4.69, 9.17) is 4.74 Å². The van der Waals surface area contributed by atoms with Crippen LogP contribution in [0.5, 0.6) is 0 Å². The van der Waals surface area contributed by atoms with E-state index in [1.54, 1.807) is 16.2 Å². The first-order valence-corrected chi connectivity index (χ1v) is 7.70. The van der Waals surface area contributed by atoms with Crippen molar-refractivity contribution in [3.05, 3.63) is 17.3 Å². The van der Waals surface area contributed by atoms with Gasteiger partial charge >= 0.3 is 6.09 Å². The summed E-state index contributed by atoms with van der Waals surface area (Å²) in [6, 6.07) is 0. The zero-order valence-electron chi connectivity index (χ0n) is 11.7. The van der Waals surface area contributed by atoms with E-state index in [0.717, 1.165) is 11.2 Å². The minimum Gasteiger partial charge on any atom is -0.450 e. The predicted octanol–water partition coefficient (Wildman–Crippen LogP) is 1.49. The maximum atomic E-state index is 11.7. The van der Waals surface area contributed by atoms with E-state index >= 15 is 0 Å². The maximum absolute atomic E-state index is 11.7. The number of imidazole rings is 1. The van der Waals surface area contributed by atoms with E-state index in [2.05, 4.69) is 4.98 Å². The first-order valence-electron chi connectivity index (χ1n) is 6.82. The molecule has 0 N–H and O–H groups in total. The predicted molar refractivity (Wildman–Crippen MR) is 79.3 cm³/mol. The number of aromatic nitrogens is 2. The number of ether oxygens (including phenoxy) is 1. The van der Waals surface area contributed by atoms with Gasteiger partial charge in [0.1, 0.15) is 5.69 Å². The Morgan fingerprint density at radius 2 is 2.19 bits per heavy atom. The van der Waals surface area contributed by atoms with Gasteiger partial charge in [-0.3, -0.25) is 9.20 Å². The Hall–Kier alpha value is -2.09. The third-order valence-electron chi connectivity index (χ3n) is 3.50. The molecule has 2 aromatic rings. The van der Waals surface area contributed by atoms with Crippen molar-refractivity contribution in [2.75, 3.05) is 37.7 Å². The largest absolute Gasteiger partial charge is 0.450 e. The summed E-state index contributed by atoms with van der Waals surface area (Å²) in [7, 11) is 0. The van der Waals surface area contributed by atoms with E-state index in [1.807, 2.05) is 16.5 Å². The van der Waals surface area contributed by atoms with Crippen molar-refractivity contribution in [1.29, 1.82) is 0 Å². The van der Waals surface area contributed by atoms with Gasteiger partial charge in [0, 0.05) is 37.8 Å². The quantitative estimate of drug-likeness (QED) is 0.804. The highest BCUT2D eigenvalue weighted by Crippen LogP contribution is 2.24. The zero-order valence-corrected chi connectivity index (χ0v) is 12.5. The van der Waals surface area contributed by atoms with Crippen LogP contribution in [0.3, 0.4) is 0 Å². The first kappa shape index (κ1) is 13.9. The van der Waals surface area contributed by atoms with Crippen molar-refractivity contribution >= 4 is 34.5 Å². The third kappa shape index (κ3) is 2.46. The number of hydrogen-bond acceptors (Lipinski definition) is 6. The van der Waals surface area contributed by atoms with Gasteiger partial charge in [-0.2, -0.15) is 0 Å². The van der Waals surface area contributed by atoms with E-state index in [-0.39, 0.29) is 6.09 Å². The first-order chi connectivity index (χ1) is 10.2. The monoisotopic (exact) mass is 308 g/mol. The molecule has 2 aromatic heterocycles. The van der Waals surface area contributed by atoms with Crippen LogP contribution in [0.1, 0.15) is 17.4 Å². The van der Waals surface area contributed by atoms with Gasteiger partial charge in [0.05, 0.1) is 6.61 Å². The van der Waals surface area contributed by atoms with Crippen molar-refractivity contribution in [3.63, 3.8) is 0 Å². The second kappa shape index (κ2) is 5.72. The van der Waals surface area contributed by atoms with Crippen molar-refractivity contribution in [3.8, 4) is 0 Å². The molecule has 1 aliphatic rings. The van der Waals surface area contributed by atoms with Gasteiger partial charge in [-0.25, -0.2) is 9.78 Å². The minimum absolute atomic E-state index is 0.279. The van der Waals surface area contributed by atoms with Crippen molar-refractivity contribution in [2.45, 2.75) is 6.92 Å². The second-order valence-electron chi connectivity index (χ2n) is 4.67. The lowest BCUT2D eigenvalue weighted by molar-refractivity contribution is 0.104. The number of aldehydes is 1. The van der Waals surface area contributed by atoms with Crippen LogP contribution in [0.15, 0.2) is 11.6 Å². The Morgan fingerprint density at radius 3 is 2.86 bits per heavy atom. The number of fused-ring (bicyclic) bond motifs is 1. The smallest absolute Gasteiger partial charge is 0.409 e. The van der Waals surface area contributed by atoms with E-state index in [0.29, 0.717) is 44.3 Å². The minimum atomic E-state index is -0.279. The molecule has 3 heterocycles. The summed E-state index contributed by atoms with van der Waals surface area (Å²) >= 11 is 1.50. The number of rotatable bonds is 3. The van der Waals surface area contributed by atoms with Gasteiger partial charge in [0.25, 0.3) is 0 Å². The van der Waals surface area contributed by atoms with Crippen molar-refractivity contribution in [2.24, 2.45) is 0 Å². The second-order valence-corrected chi connectivity index (χ2v) is 5.54. The molecule has 1 fully saturated rings. The molecule has 7 nitrogen and oxygen atoms in total. The normalized spacial score (nSPS) is 15.5. The van der Waals surface area contributed by atoms with Gasteiger partial charge in [0.2, 0.25) is 0 Å². The number of piperazine rings is 1. The zero-order chi connectivity index (χ0) is 14.8. The summed E-state index contributed by atoms with van der Waals surface area (Å²) in [5.41, 5.74) is 0.566. The summed E-state index contributed by atoms with van der Waals surface area (Å²) < 4.78 is 6.79. The fraction of sp³-hybridized carbons (Fsp3) is 0.462. The molecule has 0 atom stereocenters. The molecule has 8 heteroatoms. The molecule has 0 aliphatic carbocycles. The number of carbonyl (C=O) groups is 2. The average Bonchev–Trinajstić information content (AvgIpc) is 3.08. The topological polar surface area (TPSA) is 67.2 Å². The summed E-state index contributed by atoms with van der Waals surface area (Å²) in [5.74, 6) is 0.695. The number of amides is 1. The van der Waals surface area contributed by atoms with Gasteiger partial charge < -0.3 is 14.5 Å². The fourth-order valence-corrected chi connectivity index (χ4v) is 3.17. The molecule has 0 aromatic carbocycles. The van der Waals surface area contributed by atoms with E-state index < -0.39 is 0 Å². The molecule has 1 saturated heterocycles. The highest BCUT2D eigenvalue weighted by molar-refractivity contribution is 7.15. The molecule has 0 bridgehead atoms. The molecule has 1 amide bonds. The molecule has 112 valence electrons. The highest BCUT2D eigenvalue weighted by Gasteiger charge is 2.25. The molecule has 3 rings (SSSR count). The van der Waals surface area contributed by atoms with Crippen molar-refractivity contribution in [1.82, 2.24) is 14.3 Å². The number of carbonyl (C=O) groups excluding carboxylic acids is 2. The Bertz CT molecular complexity index is 657. The van der Waals surface area contributed by atoms with Crippen LogP contribution in [-0.4, -0.2) is 59.4 Å². The molecule has 0 unspecified atom stereocenters. The lowest BCUT2D eigenvalue weighted by Crippen LogP contribution is -2.49. The molecule has 21 heavy (non-hydrogen) atoms. The number of nitrogens with zero attached hydrogens (tertiary/aromatic N) is 4. The Kier molecular flexibility index (Phi) is 3.78. The highest BCUT2D eigenvalue weighted by atomic mass is 32.1. The number of hydrogen-bond donors (Lipinski definition) is 0. The number of thiazole rings is 1. The van der Waals surface area contributed by atoms with Crippen LogP contribution in [-0.2, 0) is 4.74 Å². The standard InChI is InChI=1S/C13H16N4O3S/c1-2-20-13(19)16-5-3-15(4-6-16)11-10(9-18)17-7-8-21-12(17)14-11/h7-9H,2-6H2,1H3. The van der Waals surface area contributed by atoms with Crippen LogP contribution < -0.4 is 4.90 Å². The SMILES string of the molecule is CCOC(=O)N1CCN(c2nc3sccn3c2C=O)CC1. The fourth-order valence-electron chi connectivity index (χ4n) is 2.45. The van der Waals surface area contributed by atoms with Crippen LogP contribution in [0.4, 0.5) is 10.6 Å². The summed E-state index contributed by atoms with van der Waals surface area (Å²) in [6.45, 7) is 4.60. The number of anilines is 1. The molecule has 0 saturated carbocycles. The summed E-state index contributed by atoms with van der Waals surface area (Å²) in [6.07, 6.45) is 2.40. The lowest BCUT2D eigenvalue weighted by atomic mass is 10.3. The molecule has 1 aliphatic heterocycles. The molecule has 0 radical (unpaired) electrons. The summed E-state index contributed by atoms with van der Waals surface area (Å²) in [4.78, 5) is 32.0. The molecule has 0 spiro atoms. The van der Waals surface area contributed by atoms with Gasteiger partial charge in [0.15, 0.2) is 17.1 Å². The van der Waals surface area contributed by atoms with E-state index in [1.165, 1.54) is 11.3 Å². The Labute approximate surface area is 125 Å². The molecular formula is C13H16N4O3S. The van der Waals surface area contributed by atoms with Crippen LogP contribution in [0.25, 0.3) is 4.96 Å². The van der Waals surface area contributed by atoms with E-state index in [9.17, 15) is 9.59 Å². The van der Waals surface area contributed by atoms with Gasteiger partial charge in [-0.1, -0.05) is 0 Å². The van der Waals surface area contributed by atoms with Crippen LogP contribution in [0, 0.1) is 0 Å².